The van der Waals surface area contributed by atoms with Crippen LogP contribution in [0.15, 0.2) is 18.3 Å². The summed E-state index contributed by atoms with van der Waals surface area (Å²) in [7, 11) is 0. The second-order valence-corrected chi connectivity index (χ2v) is 11.2. The van der Waals surface area contributed by atoms with Crippen molar-refractivity contribution in [2.24, 2.45) is 11.8 Å². The van der Waals surface area contributed by atoms with Crippen molar-refractivity contribution in [1.82, 2.24) is 19.7 Å². The highest BCUT2D eigenvalue weighted by Crippen LogP contribution is 2.29. The molecule has 166 valence electrons. The maximum absolute atomic E-state index is 13.1. The Kier molecular flexibility index (Phi) is 8.98. The number of nitrogens with zero attached hydrogens (tertiary/aromatic N) is 4. The maximum Gasteiger partial charge on any atom is 0.330 e. The number of nitrogen functional groups attached to an aromatic ring is 1. The SMILES string of the molecule is CCSc1nnc(SCC(=O)N(CC(C)C)c2c(N)n(CC(C)C)c(=O)[nH]c2=O)s1. The van der Waals surface area contributed by atoms with Gasteiger partial charge in [-0.1, -0.05) is 69.5 Å². The number of carbonyl (C=O) groups is 1. The van der Waals surface area contributed by atoms with Gasteiger partial charge < -0.3 is 10.6 Å². The van der Waals surface area contributed by atoms with Crippen molar-refractivity contribution in [1.29, 1.82) is 0 Å². The molecule has 0 saturated heterocycles. The number of thioether (sulfide) groups is 2. The van der Waals surface area contributed by atoms with Gasteiger partial charge in [-0.05, 0) is 17.6 Å². The minimum Gasteiger partial charge on any atom is -0.383 e. The first kappa shape index (κ1) is 24.5. The molecule has 0 radical (unpaired) electrons. The number of amides is 1. The van der Waals surface area contributed by atoms with E-state index in [1.165, 1.54) is 32.6 Å². The second kappa shape index (κ2) is 11.0. The lowest BCUT2D eigenvalue weighted by molar-refractivity contribution is -0.116. The molecule has 0 unspecified atom stereocenters. The molecule has 0 atom stereocenters. The first-order valence-electron chi connectivity index (χ1n) is 9.66. The second-order valence-electron chi connectivity index (χ2n) is 7.45. The fourth-order valence-corrected chi connectivity index (χ4v) is 5.50. The summed E-state index contributed by atoms with van der Waals surface area (Å²) in [4.78, 5) is 41.6. The quantitative estimate of drug-likeness (QED) is 0.505. The summed E-state index contributed by atoms with van der Waals surface area (Å²) < 4.78 is 2.86. The number of hydrogen-bond acceptors (Lipinski definition) is 9. The fourth-order valence-electron chi connectivity index (χ4n) is 2.71. The standard InChI is InChI=1S/C18H28N6O3S3/c1-6-28-17-21-22-18(30-17)29-9-12(25)23(7-10(2)3)13-14(19)24(8-11(4)5)16(27)20-15(13)26/h10-11H,6-9,19H2,1-5H3,(H,20,26,27). The minimum absolute atomic E-state index is 0.00833. The van der Waals surface area contributed by atoms with Gasteiger partial charge in [-0.15, -0.1) is 10.2 Å². The van der Waals surface area contributed by atoms with Crippen LogP contribution in [0.25, 0.3) is 0 Å². The summed E-state index contributed by atoms with van der Waals surface area (Å²) in [6.07, 6.45) is 0. The van der Waals surface area contributed by atoms with Gasteiger partial charge in [-0.25, -0.2) is 4.79 Å². The van der Waals surface area contributed by atoms with Gasteiger partial charge in [0.25, 0.3) is 5.56 Å². The Labute approximate surface area is 187 Å². The molecule has 0 spiro atoms. The lowest BCUT2D eigenvalue weighted by atomic mass is 10.2. The number of H-pyrrole nitrogens is 1. The van der Waals surface area contributed by atoms with Crippen LogP contribution in [0.5, 0.6) is 0 Å². The molecule has 3 N–H and O–H groups in total. The van der Waals surface area contributed by atoms with Crippen LogP contribution in [0.3, 0.4) is 0 Å². The van der Waals surface area contributed by atoms with Crippen LogP contribution in [-0.2, 0) is 11.3 Å². The zero-order chi connectivity index (χ0) is 22.4. The molecule has 0 bridgehead atoms. The van der Waals surface area contributed by atoms with Crippen LogP contribution in [0, 0.1) is 11.8 Å². The third-order valence-electron chi connectivity index (χ3n) is 3.86. The predicted molar refractivity (Wildman–Crippen MR) is 125 cm³/mol. The van der Waals surface area contributed by atoms with Gasteiger partial charge in [0.1, 0.15) is 5.82 Å². The van der Waals surface area contributed by atoms with E-state index in [-0.39, 0.29) is 35.0 Å². The zero-order valence-electron chi connectivity index (χ0n) is 17.8. The number of rotatable bonds is 10. The summed E-state index contributed by atoms with van der Waals surface area (Å²) in [5.74, 6) is 0.947. The Bertz CT molecular complexity index is 982. The molecule has 12 heteroatoms. The average molecular weight is 473 g/mol. The lowest BCUT2D eigenvalue weighted by Crippen LogP contribution is -2.43. The molecule has 9 nitrogen and oxygen atoms in total. The van der Waals surface area contributed by atoms with E-state index in [0.717, 1.165) is 10.1 Å². The highest BCUT2D eigenvalue weighted by atomic mass is 32.2. The summed E-state index contributed by atoms with van der Waals surface area (Å²) >= 11 is 4.30. The van der Waals surface area contributed by atoms with Gasteiger partial charge in [0.15, 0.2) is 14.4 Å². The van der Waals surface area contributed by atoms with E-state index in [1.807, 2.05) is 34.6 Å². The normalized spacial score (nSPS) is 11.4. The highest BCUT2D eigenvalue weighted by Gasteiger charge is 2.25. The van der Waals surface area contributed by atoms with Gasteiger partial charge in [0.05, 0.1) is 5.75 Å². The fraction of sp³-hybridized carbons (Fsp3) is 0.611. The Balaban J connectivity index is 2.33. The van der Waals surface area contributed by atoms with E-state index in [9.17, 15) is 14.4 Å². The molecule has 0 fully saturated rings. The van der Waals surface area contributed by atoms with Crippen LogP contribution in [0.4, 0.5) is 11.5 Å². The van der Waals surface area contributed by atoms with E-state index in [4.69, 9.17) is 5.73 Å². The van der Waals surface area contributed by atoms with Gasteiger partial charge in [0, 0.05) is 13.1 Å². The Morgan fingerprint density at radius 2 is 1.80 bits per heavy atom. The van der Waals surface area contributed by atoms with Gasteiger partial charge in [-0.2, -0.15) is 0 Å². The first-order valence-corrected chi connectivity index (χ1v) is 12.4. The number of aromatic amines is 1. The number of nitrogens with one attached hydrogen (secondary N) is 1. The Morgan fingerprint density at radius 3 is 2.37 bits per heavy atom. The number of hydrogen-bond donors (Lipinski definition) is 2. The molecule has 0 aliphatic carbocycles. The number of anilines is 2. The number of carbonyl (C=O) groups excluding carboxylic acids is 1. The van der Waals surface area contributed by atoms with Crippen molar-refractivity contribution >= 4 is 52.3 Å². The molecule has 2 aromatic rings. The Hall–Kier alpha value is -1.79. The van der Waals surface area contributed by atoms with Crippen LogP contribution >= 0.6 is 34.9 Å². The topological polar surface area (TPSA) is 127 Å². The van der Waals surface area contributed by atoms with Gasteiger partial charge >= 0.3 is 5.69 Å². The van der Waals surface area contributed by atoms with E-state index >= 15 is 0 Å². The molecular weight excluding hydrogens is 444 g/mol. The number of nitrogens with two attached hydrogens (primary N) is 1. The summed E-state index contributed by atoms with van der Waals surface area (Å²) in [6, 6.07) is 0. The molecule has 30 heavy (non-hydrogen) atoms. The predicted octanol–water partition coefficient (Wildman–Crippen LogP) is 2.52. The van der Waals surface area contributed by atoms with Gasteiger partial charge in [0.2, 0.25) is 5.91 Å². The maximum atomic E-state index is 13.1. The average Bonchev–Trinajstić information content (AvgIpc) is 3.09. The van der Waals surface area contributed by atoms with Crippen molar-refractivity contribution in [2.45, 2.75) is 49.8 Å². The van der Waals surface area contributed by atoms with E-state index in [1.54, 1.807) is 11.8 Å². The third kappa shape index (κ3) is 6.35. The van der Waals surface area contributed by atoms with Crippen LogP contribution in [0.1, 0.15) is 34.6 Å². The lowest BCUT2D eigenvalue weighted by Gasteiger charge is -2.26. The van der Waals surface area contributed by atoms with Gasteiger partial charge in [-0.3, -0.25) is 19.1 Å². The van der Waals surface area contributed by atoms with Crippen LogP contribution in [0.2, 0.25) is 0 Å². The van der Waals surface area contributed by atoms with Crippen molar-refractivity contribution in [2.75, 3.05) is 28.7 Å². The van der Waals surface area contributed by atoms with E-state index < -0.39 is 11.2 Å². The van der Waals surface area contributed by atoms with Crippen molar-refractivity contribution in [3.63, 3.8) is 0 Å². The molecule has 2 rings (SSSR count). The Morgan fingerprint density at radius 1 is 1.17 bits per heavy atom. The van der Waals surface area contributed by atoms with Crippen LogP contribution < -0.4 is 21.9 Å². The molecule has 0 saturated carbocycles. The highest BCUT2D eigenvalue weighted by molar-refractivity contribution is 8.03. The summed E-state index contributed by atoms with van der Waals surface area (Å²) in [5, 5.41) is 8.18. The zero-order valence-corrected chi connectivity index (χ0v) is 20.2. The summed E-state index contributed by atoms with van der Waals surface area (Å²) in [5.41, 5.74) is 5.00. The largest absolute Gasteiger partial charge is 0.383 e. The molecule has 2 aromatic heterocycles. The molecule has 1 amide bonds. The first-order chi connectivity index (χ1) is 14.1. The van der Waals surface area contributed by atoms with E-state index in [0.29, 0.717) is 17.4 Å². The minimum atomic E-state index is -0.658. The molecule has 0 aliphatic heterocycles. The van der Waals surface area contributed by atoms with Crippen molar-refractivity contribution in [3.8, 4) is 0 Å². The molecular formula is C18H28N6O3S3. The summed E-state index contributed by atoms with van der Waals surface area (Å²) in [6.45, 7) is 10.5. The monoisotopic (exact) mass is 472 g/mol. The smallest absolute Gasteiger partial charge is 0.330 e. The van der Waals surface area contributed by atoms with Crippen molar-refractivity contribution < 1.29 is 4.79 Å². The van der Waals surface area contributed by atoms with Crippen LogP contribution in [-0.4, -0.2) is 43.7 Å². The molecule has 2 heterocycles. The molecule has 0 aromatic carbocycles. The number of aromatic nitrogens is 4. The molecule has 0 aliphatic rings. The third-order valence-corrected chi connectivity index (χ3v) is 6.91. The van der Waals surface area contributed by atoms with Crippen molar-refractivity contribution in [3.05, 3.63) is 20.8 Å². The van der Waals surface area contributed by atoms with E-state index in [2.05, 4.69) is 15.2 Å².